The van der Waals surface area contributed by atoms with Crippen molar-refractivity contribution >= 4 is 11.3 Å². The van der Waals surface area contributed by atoms with Crippen LogP contribution in [0.15, 0.2) is 41.2 Å². The number of thiophene rings is 1. The van der Waals surface area contributed by atoms with Gasteiger partial charge < -0.3 is 4.98 Å². The van der Waals surface area contributed by atoms with Gasteiger partial charge in [0.1, 0.15) is 11.6 Å². The molecule has 4 nitrogen and oxygen atoms in total. The summed E-state index contributed by atoms with van der Waals surface area (Å²) in [6, 6.07) is 10.8. The van der Waals surface area contributed by atoms with E-state index in [9.17, 15) is 9.18 Å². The standard InChI is InChI=1S/C19H18FN3OS/c1-12-21-17-8-9-23(11-15(17)19(24)22-12)10-13-6-7-18(25-13)14-4-2-3-5-16(14)20/h2-7H,8-11H2,1H3,(H,21,22,24). The number of aromatic amines is 1. The molecule has 1 N–H and O–H groups in total. The lowest BCUT2D eigenvalue weighted by Gasteiger charge is -2.27. The minimum atomic E-state index is -0.198. The molecule has 0 atom stereocenters. The number of aryl methyl sites for hydroxylation is 1. The van der Waals surface area contributed by atoms with Crippen molar-refractivity contribution < 1.29 is 4.39 Å². The van der Waals surface area contributed by atoms with Crippen molar-refractivity contribution in [2.24, 2.45) is 0 Å². The zero-order valence-corrected chi connectivity index (χ0v) is 14.7. The molecule has 0 fully saturated rings. The number of halogens is 1. The third kappa shape index (κ3) is 3.27. The number of rotatable bonds is 3. The van der Waals surface area contributed by atoms with Gasteiger partial charge in [-0.05, 0) is 25.1 Å². The molecule has 3 heterocycles. The van der Waals surface area contributed by atoms with Crippen molar-refractivity contribution in [1.82, 2.24) is 14.9 Å². The van der Waals surface area contributed by atoms with Crippen LogP contribution in [-0.2, 0) is 19.5 Å². The predicted octanol–water partition coefficient (Wildman–Crippen LogP) is 3.50. The summed E-state index contributed by atoms with van der Waals surface area (Å²) in [6.45, 7) is 4.04. The highest BCUT2D eigenvalue weighted by atomic mass is 32.1. The molecule has 0 saturated heterocycles. The van der Waals surface area contributed by atoms with Crippen molar-refractivity contribution in [1.29, 1.82) is 0 Å². The van der Waals surface area contributed by atoms with Gasteiger partial charge in [-0.3, -0.25) is 9.69 Å². The molecule has 0 aliphatic carbocycles. The SMILES string of the molecule is Cc1nc2c(c(=O)[nH]1)CN(Cc1ccc(-c3ccccc3F)s1)CC2. The van der Waals surface area contributed by atoms with Gasteiger partial charge in [-0.25, -0.2) is 9.37 Å². The number of fused-ring (bicyclic) bond motifs is 1. The van der Waals surface area contributed by atoms with E-state index in [1.807, 2.05) is 25.1 Å². The summed E-state index contributed by atoms with van der Waals surface area (Å²) in [6.07, 6.45) is 0.783. The minimum absolute atomic E-state index is 0.0366. The predicted molar refractivity (Wildman–Crippen MR) is 97.1 cm³/mol. The first kappa shape index (κ1) is 16.2. The maximum atomic E-state index is 13.9. The van der Waals surface area contributed by atoms with Crippen LogP contribution in [-0.4, -0.2) is 21.4 Å². The van der Waals surface area contributed by atoms with E-state index in [0.717, 1.165) is 35.6 Å². The van der Waals surface area contributed by atoms with E-state index < -0.39 is 0 Å². The lowest BCUT2D eigenvalue weighted by atomic mass is 10.1. The fourth-order valence-electron chi connectivity index (χ4n) is 3.23. The number of hydrogen-bond donors (Lipinski definition) is 1. The van der Waals surface area contributed by atoms with Gasteiger partial charge in [-0.15, -0.1) is 11.3 Å². The monoisotopic (exact) mass is 355 g/mol. The first-order valence-corrected chi connectivity index (χ1v) is 9.06. The molecule has 0 unspecified atom stereocenters. The van der Waals surface area contributed by atoms with E-state index in [-0.39, 0.29) is 11.4 Å². The lowest BCUT2D eigenvalue weighted by Crippen LogP contribution is -2.35. The molecule has 0 bridgehead atoms. The van der Waals surface area contributed by atoms with Crippen LogP contribution in [0, 0.1) is 12.7 Å². The van der Waals surface area contributed by atoms with E-state index >= 15 is 0 Å². The van der Waals surface area contributed by atoms with Crippen molar-refractivity contribution in [3.05, 3.63) is 74.5 Å². The van der Waals surface area contributed by atoms with E-state index in [0.29, 0.717) is 17.9 Å². The number of benzene rings is 1. The summed E-state index contributed by atoms with van der Waals surface area (Å²) < 4.78 is 13.9. The Labute approximate surface area is 149 Å². The summed E-state index contributed by atoms with van der Waals surface area (Å²) >= 11 is 1.60. The third-order valence-electron chi connectivity index (χ3n) is 4.45. The van der Waals surface area contributed by atoms with Crippen molar-refractivity contribution in [2.45, 2.75) is 26.4 Å². The zero-order chi connectivity index (χ0) is 17.4. The second-order valence-electron chi connectivity index (χ2n) is 6.28. The van der Waals surface area contributed by atoms with Crippen LogP contribution in [0.5, 0.6) is 0 Å². The highest BCUT2D eigenvalue weighted by Crippen LogP contribution is 2.31. The highest BCUT2D eigenvalue weighted by molar-refractivity contribution is 7.15. The Bertz CT molecular complexity index is 979. The second-order valence-corrected chi connectivity index (χ2v) is 7.45. The Morgan fingerprint density at radius 3 is 2.96 bits per heavy atom. The van der Waals surface area contributed by atoms with Gasteiger partial charge in [0.25, 0.3) is 5.56 Å². The molecule has 1 aromatic carbocycles. The summed E-state index contributed by atoms with van der Waals surface area (Å²) in [5, 5.41) is 0. The lowest BCUT2D eigenvalue weighted by molar-refractivity contribution is 0.243. The van der Waals surface area contributed by atoms with Crippen molar-refractivity contribution in [2.75, 3.05) is 6.54 Å². The van der Waals surface area contributed by atoms with E-state index in [1.54, 1.807) is 23.5 Å². The largest absolute Gasteiger partial charge is 0.310 e. The van der Waals surface area contributed by atoms with Crippen LogP contribution in [0.3, 0.4) is 0 Å². The van der Waals surface area contributed by atoms with Gasteiger partial charge in [-0.2, -0.15) is 0 Å². The van der Waals surface area contributed by atoms with Gasteiger partial charge in [0.15, 0.2) is 0 Å². The average Bonchev–Trinajstić information content (AvgIpc) is 3.04. The summed E-state index contributed by atoms with van der Waals surface area (Å²) in [5.74, 6) is 0.473. The van der Waals surface area contributed by atoms with Crippen molar-refractivity contribution in [3.8, 4) is 10.4 Å². The summed E-state index contributed by atoms with van der Waals surface area (Å²) in [5.41, 5.74) is 2.28. The number of aromatic nitrogens is 2. The van der Waals surface area contributed by atoms with Crippen LogP contribution in [0.25, 0.3) is 10.4 Å². The molecular weight excluding hydrogens is 337 g/mol. The Balaban J connectivity index is 1.52. The first-order chi connectivity index (χ1) is 12.1. The Morgan fingerprint density at radius 2 is 2.12 bits per heavy atom. The fourth-order valence-corrected chi connectivity index (χ4v) is 4.31. The van der Waals surface area contributed by atoms with Crippen molar-refractivity contribution in [3.63, 3.8) is 0 Å². The number of H-pyrrole nitrogens is 1. The van der Waals surface area contributed by atoms with E-state index in [1.165, 1.54) is 10.9 Å². The molecule has 1 aliphatic heterocycles. The molecule has 3 aromatic rings. The topological polar surface area (TPSA) is 49.0 Å². The molecule has 0 saturated carbocycles. The van der Waals surface area contributed by atoms with Crippen LogP contribution in [0.1, 0.15) is 22.0 Å². The number of hydrogen-bond acceptors (Lipinski definition) is 4. The minimum Gasteiger partial charge on any atom is -0.310 e. The Hall–Kier alpha value is -2.31. The van der Waals surface area contributed by atoms with Crippen LogP contribution in [0.2, 0.25) is 0 Å². The molecule has 25 heavy (non-hydrogen) atoms. The van der Waals surface area contributed by atoms with Crippen LogP contribution >= 0.6 is 11.3 Å². The molecule has 0 spiro atoms. The molecule has 0 amide bonds. The molecule has 1 aliphatic rings. The molecular formula is C19H18FN3OS. The summed E-state index contributed by atoms with van der Waals surface area (Å²) in [7, 11) is 0. The van der Waals surface area contributed by atoms with Gasteiger partial charge in [0, 0.05) is 41.4 Å². The maximum Gasteiger partial charge on any atom is 0.255 e. The number of nitrogens with zero attached hydrogens (tertiary/aromatic N) is 2. The highest BCUT2D eigenvalue weighted by Gasteiger charge is 2.21. The maximum absolute atomic E-state index is 13.9. The number of nitrogens with one attached hydrogen (secondary N) is 1. The third-order valence-corrected chi connectivity index (χ3v) is 5.55. The fraction of sp³-hybridized carbons (Fsp3) is 0.263. The van der Waals surface area contributed by atoms with Gasteiger partial charge >= 0.3 is 0 Å². The summed E-state index contributed by atoms with van der Waals surface area (Å²) in [4.78, 5) is 23.7. The quantitative estimate of drug-likeness (QED) is 0.782. The molecule has 4 rings (SSSR count). The average molecular weight is 355 g/mol. The molecule has 2 aromatic heterocycles. The van der Waals surface area contributed by atoms with Gasteiger partial charge in [-0.1, -0.05) is 18.2 Å². The van der Waals surface area contributed by atoms with E-state index in [2.05, 4.69) is 14.9 Å². The normalized spacial score (nSPS) is 14.5. The van der Waals surface area contributed by atoms with Gasteiger partial charge in [0.2, 0.25) is 0 Å². The van der Waals surface area contributed by atoms with Crippen LogP contribution in [0.4, 0.5) is 4.39 Å². The molecule has 0 radical (unpaired) electrons. The Kier molecular flexibility index (Phi) is 4.23. The van der Waals surface area contributed by atoms with Gasteiger partial charge in [0.05, 0.1) is 11.3 Å². The van der Waals surface area contributed by atoms with Crippen LogP contribution < -0.4 is 5.56 Å². The first-order valence-electron chi connectivity index (χ1n) is 8.25. The zero-order valence-electron chi connectivity index (χ0n) is 13.9. The molecule has 6 heteroatoms. The smallest absolute Gasteiger partial charge is 0.255 e. The second kappa shape index (κ2) is 6.54. The Morgan fingerprint density at radius 1 is 1.28 bits per heavy atom. The molecule has 128 valence electrons. The van der Waals surface area contributed by atoms with E-state index in [4.69, 9.17) is 0 Å².